The molecule has 0 spiro atoms. The summed E-state index contributed by atoms with van der Waals surface area (Å²) in [4.78, 5) is 26.7. The first kappa shape index (κ1) is 18.3. The largest absolute Gasteiger partial charge is 0.495 e. The number of nitrogens with zero attached hydrogens (tertiary/aromatic N) is 3. The van der Waals surface area contributed by atoms with Gasteiger partial charge in [0.15, 0.2) is 5.78 Å². The number of aromatic amines is 1. The van der Waals surface area contributed by atoms with Crippen molar-refractivity contribution in [1.82, 2.24) is 15.0 Å². The molecule has 3 aromatic rings. The van der Waals surface area contributed by atoms with Crippen LogP contribution in [-0.2, 0) is 4.79 Å². The highest BCUT2D eigenvalue weighted by atomic mass is 16.5. The summed E-state index contributed by atoms with van der Waals surface area (Å²) in [5.41, 5.74) is 1.70. The fourth-order valence-electron chi connectivity index (χ4n) is 3.91. The van der Waals surface area contributed by atoms with Gasteiger partial charge >= 0.3 is 0 Å². The first-order valence-electron chi connectivity index (χ1n) is 9.66. The number of piperidine rings is 1. The first-order chi connectivity index (χ1) is 13.7. The molecule has 2 aromatic heterocycles. The fourth-order valence-corrected chi connectivity index (χ4v) is 3.91. The maximum absolute atomic E-state index is 12.5. The fraction of sp³-hybridized carbons (Fsp3) is 0.381. The van der Waals surface area contributed by atoms with Gasteiger partial charge in [0.1, 0.15) is 23.5 Å². The number of carbonyl (C=O) groups excluding carboxylic acids is 1. The zero-order chi connectivity index (χ0) is 19.3. The number of hydrogen-bond acceptors (Lipinski definition) is 6. The Balaban J connectivity index is 1.36. The minimum absolute atomic E-state index is 0.215. The van der Waals surface area contributed by atoms with E-state index in [0.717, 1.165) is 54.2 Å². The van der Waals surface area contributed by atoms with E-state index < -0.39 is 0 Å². The van der Waals surface area contributed by atoms with E-state index in [4.69, 9.17) is 4.74 Å². The monoisotopic (exact) mass is 379 g/mol. The summed E-state index contributed by atoms with van der Waals surface area (Å²) in [5, 5.41) is 4.24. The van der Waals surface area contributed by atoms with Crippen molar-refractivity contribution in [3.63, 3.8) is 0 Å². The van der Waals surface area contributed by atoms with Crippen LogP contribution in [0.2, 0.25) is 0 Å². The highest BCUT2D eigenvalue weighted by Gasteiger charge is 2.24. The van der Waals surface area contributed by atoms with E-state index >= 15 is 0 Å². The number of Topliss-reactive ketones (excluding diaryl/α,β-unsaturated/α-hetero) is 1. The van der Waals surface area contributed by atoms with E-state index in [2.05, 4.69) is 25.2 Å². The van der Waals surface area contributed by atoms with Crippen molar-refractivity contribution in [2.75, 3.05) is 37.0 Å². The van der Waals surface area contributed by atoms with E-state index in [9.17, 15) is 4.79 Å². The van der Waals surface area contributed by atoms with Gasteiger partial charge in [0.05, 0.1) is 24.7 Å². The lowest BCUT2D eigenvalue weighted by Gasteiger charge is -2.33. The van der Waals surface area contributed by atoms with Crippen molar-refractivity contribution in [3.05, 3.63) is 42.9 Å². The van der Waals surface area contributed by atoms with E-state index in [-0.39, 0.29) is 5.78 Å². The average molecular weight is 379 g/mol. The molecule has 146 valence electrons. The summed E-state index contributed by atoms with van der Waals surface area (Å²) in [6.07, 6.45) is 6.18. The van der Waals surface area contributed by atoms with Crippen LogP contribution in [0.25, 0.3) is 11.0 Å². The van der Waals surface area contributed by atoms with E-state index in [1.165, 1.54) is 0 Å². The summed E-state index contributed by atoms with van der Waals surface area (Å²) >= 11 is 0. The number of methoxy groups -OCH3 is 1. The van der Waals surface area contributed by atoms with Crippen molar-refractivity contribution in [2.45, 2.75) is 19.3 Å². The molecule has 1 aliphatic heterocycles. The molecule has 0 amide bonds. The van der Waals surface area contributed by atoms with Gasteiger partial charge in [-0.05, 0) is 37.0 Å². The van der Waals surface area contributed by atoms with Crippen LogP contribution in [0.3, 0.4) is 0 Å². The summed E-state index contributed by atoms with van der Waals surface area (Å²) in [6.45, 7) is 2.12. The molecule has 7 nitrogen and oxygen atoms in total. The SMILES string of the molecule is COc1ccccc1NCC(=O)CC1CCCN(c2ncnc3[nH]ccc23)C1. The second-order valence-corrected chi connectivity index (χ2v) is 7.19. The molecule has 0 radical (unpaired) electrons. The number of ether oxygens (including phenoxy) is 1. The quantitative estimate of drug-likeness (QED) is 0.656. The molecular weight excluding hydrogens is 354 g/mol. The van der Waals surface area contributed by atoms with Crippen LogP contribution in [0, 0.1) is 5.92 Å². The van der Waals surface area contributed by atoms with Crippen molar-refractivity contribution < 1.29 is 9.53 Å². The molecule has 1 saturated heterocycles. The van der Waals surface area contributed by atoms with Crippen LogP contribution in [-0.4, -0.2) is 47.5 Å². The number of aromatic nitrogens is 3. The predicted molar refractivity (Wildman–Crippen MR) is 110 cm³/mol. The Morgan fingerprint density at radius 1 is 1.32 bits per heavy atom. The smallest absolute Gasteiger partial charge is 0.152 e. The number of carbonyl (C=O) groups is 1. The number of fused-ring (bicyclic) bond motifs is 1. The van der Waals surface area contributed by atoms with Crippen LogP contribution in [0.15, 0.2) is 42.9 Å². The predicted octanol–water partition coefficient (Wildman–Crippen LogP) is 3.25. The topological polar surface area (TPSA) is 83.1 Å². The van der Waals surface area contributed by atoms with Gasteiger partial charge in [-0.3, -0.25) is 4.79 Å². The summed E-state index contributed by atoms with van der Waals surface area (Å²) in [6, 6.07) is 9.66. The lowest BCUT2D eigenvalue weighted by atomic mass is 9.92. The number of hydrogen-bond donors (Lipinski definition) is 2. The molecule has 1 fully saturated rings. The number of anilines is 2. The third-order valence-electron chi connectivity index (χ3n) is 5.25. The van der Waals surface area contributed by atoms with Crippen LogP contribution < -0.4 is 15.0 Å². The van der Waals surface area contributed by atoms with Gasteiger partial charge < -0.3 is 19.9 Å². The molecule has 3 heterocycles. The third-order valence-corrected chi connectivity index (χ3v) is 5.25. The maximum Gasteiger partial charge on any atom is 0.152 e. The van der Waals surface area contributed by atoms with Gasteiger partial charge in [-0.2, -0.15) is 0 Å². The van der Waals surface area contributed by atoms with Gasteiger partial charge in [0.2, 0.25) is 0 Å². The lowest BCUT2D eigenvalue weighted by Crippen LogP contribution is -2.37. The Morgan fingerprint density at radius 3 is 3.11 bits per heavy atom. The van der Waals surface area contributed by atoms with Gasteiger partial charge in [-0.15, -0.1) is 0 Å². The third kappa shape index (κ3) is 3.93. The Hall–Kier alpha value is -3.09. The van der Waals surface area contributed by atoms with Crippen molar-refractivity contribution in [3.8, 4) is 5.75 Å². The normalized spacial score (nSPS) is 16.9. The minimum atomic E-state index is 0.215. The molecule has 4 rings (SSSR count). The Kier molecular flexibility index (Phi) is 5.41. The van der Waals surface area contributed by atoms with E-state index in [1.54, 1.807) is 13.4 Å². The zero-order valence-corrected chi connectivity index (χ0v) is 16.0. The molecule has 1 unspecified atom stereocenters. The zero-order valence-electron chi connectivity index (χ0n) is 16.0. The second-order valence-electron chi connectivity index (χ2n) is 7.19. The summed E-state index contributed by atoms with van der Waals surface area (Å²) < 4.78 is 5.32. The highest BCUT2D eigenvalue weighted by molar-refractivity contribution is 5.87. The van der Waals surface area contributed by atoms with Crippen molar-refractivity contribution in [1.29, 1.82) is 0 Å². The van der Waals surface area contributed by atoms with Crippen LogP contribution in [0.5, 0.6) is 5.75 Å². The standard InChI is InChI=1S/C21H25N5O2/c1-28-19-7-3-2-6-18(19)23-12-16(27)11-15-5-4-10-26(13-15)21-17-8-9-22-20(17)24-14-25-21/h2-3,6-9,14-15,23H,4-5,10-13H2,1H3,(H,22,24,25). The number of rotatable bonds is 7. The number of para-hydroxylation sites is 2. The molecule has 7 heteroatoms. The molecule has 1 aliphatic rings. The first-order valence-corrected chi connectivity index (χ1v) is 9.66. The van der Waals surface area contributed by atoms with Crippen LogP contribution in [0.4, 0.5) is 11.5 Å². The van der Waals surface area contributed by atoms with E-state index in [0.29, 0.717) is 18.9 Å². The number of ketones is 1. The number of H-pyrrole nitrogens is 1. The summed E-state index contributed by atoms with van der Waals surface area (Å²) in [7, 11) is 1.63. The molecular formula is C21H25N5O2. The molecule has 1 atom stereocenters. The Morgan fingerprint density at radius 2 is 2.21 bits per heavy atom. The highest BCUT2D eigenvalue weighted by Crippen LogP contribution is 2.28. The molecule has 28 heavy (non-hydrogen) atoms. The Labute approximate surface area is 164 Å². The van der Waals surface area contributed by atoms with Gasteiger partial charge in [0.25, 0.3) is 0 Å². The van der Waals surface area contributed by atoms with E-state index in [1.807, 2.05) is 36.5 Å². The molecule has 0 saturated carbocycles. The number of nitrogens with one attached hydrogen (secondary N) is 2. The molecule has 2 N–H and O–H groups in total. The van der Waals surface area contributed by atoms with Gasteiger partial charge in [-0.1, -0.05) is 12.1 Å². The average Bonchev–Trinajstić information content (AvgIpc) is 3.21. The molecule has 0 bridgehead atoms. The van der Waals surface area contributed by atoms with Gasteiger partial charge in [-0.25, -0.2) is 9.97 Å². The van der Waals surface area contributed by atoms with Gasteiger partial charge in [0, 0.05) is 25.7 Å². The van der Waals surface area contributed by atoms with Crippen LogP contribution in [0.1, 0.15) is 19.3 Å². The van der Waals surface area contributed by atoms with Crippen molar-refractivity contribution >= 4 is 28.3 Å². The maximum atomic E-state index is 12.5. The minimum Gasteiger partial charge on any atom is -0.495 e. The second kappa shape index (κ2) is 8.29. The number of benzene rings is 1. The van der Waals surface area contributed by atoms with Crippen molar-refractivity contribution in [2.24, 2.45) is 5.92 Å². The molecule has 0 aliphatic carbocycles. The molecule has 1 aromatic carbocycles. The Bertz CT molecular complexity index is 955. The summed E-state index contributed by atoms with van der Waals surface area (Å²) in [5.74, 6) is 2.26. The van der Waals surface area contributed by atoms with Crippen LogP contribution >= 0.6 is 0 Å². The lowest BCUT2D eigenvalue weighted by molar-refractivity contribution is -0.118.